The summed E-state index contributed by atoms with van der Waals surface area (Å²) >= 11 is 0. The third-order valence-electron chi connectivity index (χ3n) is 3.31. The Morgan fingerprint density at radius 3 is 2.37 bits per heavy atom. The van der Waals surface area contributed by atoms with Crippen LogP contribution in [0.3, 0.4) is 0 Å². The van der Waals surface area contributed by atoms with Gasteiger partial charge in [0.15, 0.2) is 0 Å². The van der Waals surface area contributed by atoms with Gasteiger partial charge in [0.05, 0.1) is 0 Å². The molecule has 0 aliphatic carbocycles. The van der Waals surface area contributed by atoms with Gasteiger partial charge in [-0.05, 0) is 12.1 Å². The molecule has 1 unspecified atom stereocenters. The molecule has 0 radical (unpaired) electrons. The zero-order chi connectivity index (χ0) is 19.8. The van der Waals surface area contributed by atoms with Gasteiger partial charge in [-0.25, -0.2) is 17.9 Å². The number of hydrogen-bond acceptors (Lipinski definition) is 7. The van der Waals surface area contributed by atoms with Crippen LogP contribution in [0.2, 0.25) is 0 Å². The Morgan fingerprint density at radius 2 is 1.89 bits per heavy atom. The number of amides is 3. The number of carbonyl (C=O) groups is 2. The summed E-state index contributed by atoms with van der Waals surface area (Å²) in [7, 11) is -2.66. The summed E-state index contributed by atoms with van der Waals surface area (Å²) in [6, 6.07) is 3.03. The van der Waals surface area contributed by atoms with Crippen molar-refractivity contribution in [2.75, 3.05) is 14.2 Å². The Bertz CT molecular complexity index is 837. The monoisotopic (exact) mass is 422 g/mol. The number of ether oxygens (including phenoxy) is 2. The third kappa shape index (κ3) is 4.83. The van der Waals surface area contributed by atoms with Gasteiger partial charge in [-0.2, -0.15) is 5.43 Å². The number of sulfonamides is 1. The molecular weight excluding hydrogens is 408 g/mol. The van der Waals surface area contributed by atoms with Crippen molar-refractivity contribution in [3.63, 3.8) is 0 Å². The second kappa shape index (κ2) is 8.20. The van der Waals surface area contributed by atoms with Gasteiger partial charge < -0.3 is 9.47 Å². The van der Waals surface area contributed by atoms with Crippen LogP contribution < -0.4 is 20.3 Å². The topological polar surface area (TPSA) is 126 Å². The first kappa shape index (κ1) is 23.5. The first-order chi connectivity index (χ1) is 11.9. The van der Waals surface area contributed by atoms with E-state index in [1.54, 1.807) is 4.72 Å². The van der Waals surface area contributed by atoms with Crippen LogP contribution in [0.5, 0.6) is 5.75 Å². The molecule has 3 amide bonds. The molecule has 1 aromatic rings. The average Bonchev–Trinajstić information content (AvgIpc) is 2.82. The maximum atomic E-state index is 12.4. The molecule has 3 N–H and O–H groups in total. The second-order valence-corrected chi connectivity index (χ2v) is 6.54. The van der Waals surface area contributed by atoms with Gasteiger partial charge >= 0.3 is 53.7 Å². The van der Waals surface area contributed by atoms with Crippen LogP contribution in [0.4, 0.5) is 18.0 Å². The summed E-state index contributed by atoms with van der Waals surface area (Å²) in [6.45, 7) is 0. The normalized spacial score (nSPS) is 19.9. The van der Waals surface area contributed by atoms with Crippen LogP contribution in [-0.4, -0.2) is 81.2 Å². The van der Waals surface area contributed by atoms with Gasteiger partial charge in [0.2, 0.25) is 0 Å². The molecule has 1 fully saturated rings. The molecule has 146 valence electrons. The minimum absolute atomic E-state index is 0. The van der Waals surface area contributed by atoms with Gasteiger partial charge in [-0.15, -0.1) is 13.2 Å². The van der Waals surface area contributed by atoms with E-state index in [0.29, 0.717) is 0 Å². The van der Waals surface area contributed by atoms with Crippen molar-refractivity contribution in [1.29, 1.82) is 0 Å². The van der Waals surface area contributed by atoms with Crippen molar-refractivity contribution in [2.45, 2.75) is 17.1 Å². The zero-order valence-corrected chi connectivity index (χ0v) is 14.1. The second-order valence-electron chi connectivity index (χ2n) is 4.89. The molecule has 1 saturated heterocycles. The molecule has 10 nitrogen and oxygen atoms in total. The summed E-state index contributed by atoms with van der Waals surface area (Å²) in [5.41, 5.74) is 4.21. The van der Waals surface area contributed by atoms with E-state index in [1.165, 1.54) is 0 Å². The van der Waals surface area contributed by atoms with E-state index < -0.39 is 44.8 Å². The Morgan fingerprint density at radius 1 is 1.30 bits per heavy atom. The van der Waals surface area contributed by atoms with E-state index in [0.717, 1.165) is 43.3 Å². The molecule has 1 aliphatic rings. The molecule has 1 aliphatic heterocycles. The molecule has 1 aromatic carbocycles. The first-order valence-electron chi connectivity index (χ1n) is 6.71. The number of hydrazine groups is 1. The fourth-order valence-corrected chi connectivity index (χ4v) is 3.19. The minimum atomic E-state index is -5.15. The Balaban J connectivity index is 0.00000364. The number of urea groups is 1. The average molecular weight is 422 g/mol. The number of para-hydroxylation sites is 1. The van der Waals surface area contributed by atoms with Crippen molar-refractivity contribution in [3.8, 4) is 5.75 Å². The standard InChI is InChI=1S/C12H13F3N4O6S.Na.H/c1-19-10(21)16-18-11(19,24-2)9(20)17-26(22,23)8-6-4-3-5-7(8)25-12(13,14)15;;/h3-6,18H,1-2H3,(H,16,21)(H,17,20);;. The number of nitrogens with zero attached hydrogens (tertiary/aromatic N) is 1. The van der Waals surface area contributed by atoms with Crippen LogP contribution in [0, 0.1) is 0 Å². The van der Waals surface area contributed by atoms with Crippen LogP contribution in [0.1, 0.15) is 0 Å². The molecule has 27 heavy (non-hydrogen) atoms. The number of halogens is 3. The van der Waals surface area contributed by atoms with E-state index in [-0.39, 0.29) is 29.6 Å². The van der Waals surface area contributed by atoms with E-state index in [9.17, 15) is 31.2 Å². The number of likely N-dealkylation sites (N-methyl/N-ethyl adjacent to an activating group) is 1. The van der Waals surface area contributed by atoms with E-state index in [2.05, 4.69) is 10.2 Å². The molecule has 2 rings (SSSR count). The number of rotatable bonds is 5. The van der Waals surface area contributed by atoms with E-state index in [4.69, 9.17) is 4.74 Å². The summed E-state index contributed by atoms with van der Waals surface area (Å²) in [6.07, 6.45) is -5.15. The van der Waals surface area contributed by atoms with Gasteiger partial charge in [0.1, 0.15) is 10.6 Å². The SMILES string of the molecule is COC1(C(=O)NS(=O)(=O)c2ccccc2OC(F)(F)F)NNC(=O)N1C.[NaH]. The summed E-state index contributed by atoms with van der Waals surface area (Å²) < 4.78 is 72.1. The Kier molecular flexibility index (Phi) is 7.12. The van der Waals surface area contributed by atoms with Crippen molar-refractivity contribution >= 4 is 51.5 Å². The zero-order valence-electron chi connectivity index (χ0n) is 13.2. The fraction of sp³-hybridized carbons (Fsp3) is 0.333. The predicted octanol–water partition coefficient (Wildman–Crippen LogP) is -0.799. The van der Waals surface area contributed by atoms with Gasteiger partial charge in [0.25, 0.3) is 10.0 Å². The van der Waals surface area contributed by atoms with E-state index >= 15 is 0 Å². The summed E-state index contributed by atoms with van der Waals surface area (Å²) in [5, 5.41) is 0. The molecule has 1 atom stereocenters. The van der Waals surface area contributed by atoms with Crippen molar-refractivity contribution in [1.82, 2.24) is 20.5 Å². The number of carbonyl (C=O) groups excluding carboxylic acids is 2. The molecule has 0 saturated carbocycles. The molecule has 0 aromatic heterocycles. The molecule has 0 spiro atoms. The Labute approximate surface area is 173 Å². The number of benzene rings is 1. The number of nitrogens with one attached hydrogen (secondary N) is 3. The van der Waals surface area contributed by atoms with Crippen molar-refractivity contribution in [2.24, 2.45) is 0 Å². The van der Waals surface area contributed by atoms with Crippen molar-refractivity contribution in [3.05, 3.63) is 24.3 Å². The van der Waals surface area contributed by atoms with Gasteiger partial charge in [-0.1, -0.05) is 12.1 Å². The molecule has 0 bridgehead atoms. The Hall–Kier alpha value is -1.58. The predicted molar refractivity (Wildman–Crippen MR) is 84.8 cm³/mol. The summed E-state index contributed by atoms with van der Waals surface area (Å²) in [5.74, 6) is -4.64. The molecule has 1 heterocycles. The van der Waals surface area contributed by atoms with Crippen molar-refractivity contribution < 1.29 is 40.7 Å². The van der Waals surface area contributed by atoms with Crippen LogP contribution in [0.15, 0.2) is 29.2 Å². The quantitative estimate of drug-likeness (QED) is 0.531. The summed E-state index contributed by atoms with van der Waals surface area (Å²) in [4.78, 5) is 23.6. The van der Waals surface area contributed by atoms with Crippen LogP contribution in [-0.2, 0) is 19.6 Å². The van der Waals surface area contributed by atoms with Crippen LogP contribution >= 0.6 is 0 Å². The third-order valence-corrected chi connectivity index (χ3v) is 4.68. The number of methoxy groups -OCH3 is 1. The maximum absolute atomic E-state index is 12.4. The first-order valence-corrected chi connectivity index (χ1v) is 8.19. The molecular formula is C12H14F3N4NaO6S. The fourth-order valence-electron chi connectivity index (χ4n) is 2.07. The van der Waals surface area contributed by atoms with Gasteiger partial charge in [-0.3, -0.25) is 15.1 Å². The number of hydrogen-bond donors (Lipinski definition) is 3. The number of alkyl halides is 3. The van der Waals surface area contributed by atoms with Crippen LogP contribution in [0.25, 0.3) is 0 Å². The molecule has 15 heteroatoms. The van der Waals surface area contributed by atoms with Gasteiger partial charge in [0, 0.05) is 14.2 Å². The van der Waals surface area contributed by atoms with E-state index in [1.807, 2.05) is 5.43 Å².